The molecule has 0 unspecified atom stereocenters. The molecule has 26 heavy (non-hydrogen) atoms. The van der Waals surface area contributed by atoms with E-state index >= 15 is 0 Å². The summed E-state index contributed by atoms with van der Waals surface area (Å²) in [5.74, 6) is -7.69. The number of nitrogens with zero attached hydrogens (tertiary/aromatic N) is 1. The summed E-state index contributed by atoms with van der Waals surface area (Å²) >= 11 is 0. The number of aromatic nitrogens is 2. The number of fused-ring (bicyclic) bond motifs is 1. The van der Waals surface area contributed by atoms with Crippen LogP contribution in [0.15, 0.2) is 18.2 Å². The number of benzene rings is 1. The number of aromatic amines is 1. The molecule has 2 amide bonds. The van der Waals surface area contributed by atoms with Gasteiger partial charge >= 0.3 is 24.1 Å². The number of imidazole rings is 1. The molecule has 0 atom stereocenters. The Hall–Kier alpha value is -2.92. The van der Waals surface area contributed by atoms with Gasteiger partial charge in [0.1, 0.15) is 0 Å². The number of carbonyl (C=O) groups excluding carboxylic acids is 1. The maximum Gasteiger partial charge on any atom is 0.461 e. The summed E-state index contributed by atoms with van der Waals surface area (Å²) in [6.45, 7) is 0.0897. The van der Waals surface area contributed by atoms with Gasteiger partial charge in [-0.1, -0.05) is 0 Å². The predicted octanol–water partition coefficient (Wildman–Crippen LogP) is 3.20. The van der Waals surface area contributed by atoms with Crippen molar-refractivity contribution in [2.24, 2.45) is 0 Å². The number of carboxylic acids is 1. The summed E-state index contributed by atoms with van der Waals surface area (Å²) in [5, 5.41) is 13.2. The van der Waals surface area contributed by atoms with Crippen molar-refractivity contribution in [2.75, 3.05) is 11.9 Å². The fourth-order valence-electron chi connectivity index (χ4n) is 1.99. The third-order valence-corrected chi connectivity index (χ3v) is 3.25. The number of H-pyrrole nitrogens is 1. The molecule has 1 aromatic carbocycles. The van der Waals surface area contributed by atoms with Crippen LogP contribution >= 0.6 is 0 Å². The quantitative estimate of drug-likeness (QED) is 0.456. The van der Waals surface area contributed by atoms with E-state index in [1.165, 1.54) is 12.1 Å². The van der Waals surface area contributed by atoms with Crippen molar-refractivity contribution < 1.29 is 36.6 Å². The third-order valence-electron chi connectivity index (χ3n) is 3.25. The largest absolute Gasteiger partial charge is 0.481 e. The van der Waals surface area contributed by atoms with Gasteiger partial charge in [-0.3, -0.25) is 4.79 Å². The molecule has 0 saturated carbocycles. The van der Waals surface area contributed by atoms with E-state index in [0.717, 1.165) is 6.07 Å². The summed E-state index contributed by atoms with van der Waals surface area (Å²) in [7, 11) is 0. The van der Waals surface area contributed by atoms with Crippen molar-refractivity contribution in [2.45, 2.75) is 24.9 Å². The molecule has 0 aliphatic carbocycles. The molecule has 2 aromatic rings. The zero-order valence-corrected chi connectivity index (χ0v) is 13.0. The van der Waals surface area contributed by atoms with Crippen molar-refractivity contribution in [1.29, 1.82) is 0 Å². The normalized spacial score (nSPS) is 12.2. The van der Waals surface area contributed by atoms with E-state index in [0.29, 0.717) is 0 Å². The van der Waals surface area contributed by atoms with Crippen molar-refractivity contribution in [1.82, 2.24) is 15.3 Å². The van der Waals surface area contributed by atoms with Crippen molar-refractivity contribution >= 4 is 28.7 Å². The topological polar surface area (TPSA) is 107 Å². The fourth-order valence-corrected chi connectivity index (χ4v) is 1.99. The van der Waals surface area contributed by atoms with E-state index in [4.69, 9.17) is 5.11 Å². The number of alkyl halides is 5. The smallest absolute Gasteiger partial charge is 0.461 e. The number of hydrogen-bond donors (Lipinski definition) is 4. The van der Waals surface area contributed by atoms with Gasteiger partial charge in [0.25, 0.3) is 0 Å². The minimum Gasteiger partial charge on any atom is -0.481 e. The van der Waals surface area contributed by atoms with Crippen LogP contribution in [0.1, 0.15) is 18.7 Å². The lowest BCUT2D eigenvalue weighted by atomic mass is 10.3. The number of carbonyl (C=O) groups is 2. The highest BCUT2D eigenvalue weighted by Gasteiger charge is 2.61. The van der Waals surface area contributed by atoms with Gasteiger partial charge in [0.2, 0.25) is 0 Å². The highest BCUT2D eigenvalue weighted by molar-refractivity contribution is 5.91. The zero-order chi connectivity index (χ0) is 19.5. The van der Waals surface area contributed by atoms with Gasteiger partial charge in [-0.05, 0) is 24.6 Å². The van der Waals surface area contributed by atoms with E-state index in [9.17, 15) is 31.5 Å². The highest BCUT2D eigenvalue weighted by Crippen LogP contribution is 2.43. The number of halogens is 5. The number of carboxylic acid groups (broad SMARTS) is 1. The van der Waals surface area contributed by atoms with Gasteiger partial charge < -0.3 is 20.7 Å². The molecular formula is C14H13F5N4O3. The average Bonchev–Trinajstić information content (AvgIpc) is 2.94. The second kappa shape index (κ2) is 7.14. The first kappa shape index (κ1) is 19.4. The lowest BCUT2D eigenvalue weighted by Crippen LogP contribution is -2.34. The fraction of sp³-hybridized carbons (Fsp3) is 0.357. The van der Waals surface area contributed by atoms with Crippen LogP contribution in [0.3, 0.4) is 0 Å². The number of rotatable bonds is 6. The van der Waals surface area contributed by atoms with Gasteiger partial charge in [0.15, 0.2) is 5.82 Å². The second-order valence-electron chi connectivity index (χ2n) is 5.27. The van der Waals surface area contributed by atoms with E-state index < -0.39 is 29.9 Å². The lowest BCUT2D eigenvalue weighted by Gasteiger charge is -2.16. The number of urea groups is 1. The number of hydrogen-bond acceptors (Lipinski definition) is 3. The number of anilines is 1. The van der Waals surface area contributed by atoms with Crippen LogP contribution < -0.4 is 10.6 Å². The molecule has 4 N–H and O–H groups in total. The van der Waals surface area contributed by atoms with Crippen LogP contribution in [0.25, 0.3) is 11.0 Å². The molecule has 0 spiro atoms. The van der Waals surface area contributed by atoms with Crippen molar-refractivity contribution in [3.05, 3.63) is 24.0 Å². The predicted molar refractivity (Wildman–Crippen MR) is 79.9 cm³/mol. The minimum atomic E-state index is -5.79. The van der Waals surface area contributed by atoms with Crippen molar-refractivity contribution in [3.63, 3.8) is 0 Å². The molecule has 0 aliphatic rings. The van der Waals surface area contributed by atoms with Gasteiger partial charge in [-0.15, -0.1) is 0 Å². The van der Waals surface area contributed by atoms with Crippen molar-refractivity contribution in [3.8, 4) is 0 Å². The Bertz CT molecular complexity index is 819. The Morgan fingerprint density at radius 2 is 1.88 bits per heavy atom. The van der Waals surface area contributed by atoms with E-state index in [-0.39, 0.29) is 36.1 Å². The summed E-state index contributed by atoms with van der Waals surface area (Å²) in [6.07, 6.45) is -5.72. The first-order valence-electron chi connectivity index (χ1n) is 7.22. The molecule has 7 nitrogen and oxygen atoms in total. The molecule has 0 fully saturated rings. The minimum absolute atomic E-state index is 0.0897. The SMILES string of the molecule is O=C(O)CCCNC(=O)Nc1ccc2nc(C(F)(F)C(F)(F)F)[nH]c2c1. The van der Waals surface area contributed by atoms with Gasteiger partial charge in [0.05, 0.1) is 11.0 Å². The zero-order valence-electron chi connectivity index (χ0n) is 13.0. The third kappa shape index (κ3) is 4.37. The first-order valence-corrected chi connectivity index (χ1v) is 7.22. The molecule has 1 aromatic heterocycles. The lowest BCUT2D eigenvalue weighted by molar-refractivity contribution is -0.292. The number of nitrogens with one attached hydrogen (secondary N) is 3. The Labute approximate surface area is 142 Å². The highest BCUT2D eigenvalue weighted by atomic mass is 19.4. The standard InChI is InChI=1S/C14H13F5N4O3/c15-13(16,14(17,18)19)11-22-8-4-3-7(6-9(8)23-11)21-12(26)20-5-1-2-10(24)25/h3-4,6H,1-2,5H2,(H,22,23)(H,24,25)(H2,20,21,26). The monoisotopic (exact) mass is 380 g/mol. The van der Waals surface area contributed by atoms with Gasteiger partial charge in [-0.25, -0.2) is 9.78 Å². The molecule has 2 rings (SSSR count). The second-order valence-corrected chi connectivity index (χ2v) is 5.27. The summed E-state index contributed by atoms with van der Waals surface area (Å²) in [6, 6.07) is 2.90. The molecule has 0 radical (unpaired) electrons. The molecule has 0 saturated heterocycles. The summed E-state index contributed by atoms with van der Waals surface area (Å²) in [5.41, 5.74) is -0.122. The van der Waals surface area contributed by atoms with Crippen LogP contribution in [0.5, 0.6) is 0 Å². The van der Waals surface area contributed by atoms with Crippen LogP contribution in [0.4, 0.5) is 32.4 Å². The summed E-state index contributed by atoms with van der Waals surface area (Å²) < 4.78 is 63.8. The van der Waals surface area contributed by atoms with Crippen LogP contribution in [0, 0.1) is 0 Å². The van der Waals surface area contributed by atoms with E-state index in [1.54, 1.807) is 0 Å². The molecule has 1 heterocycles. The first-order chi connectivity index (χ1) is 12.0. The average molecular weight is 380 g/mol. The maximum atomic E-state index is 13.3. The van der Waals surface area contributed by atoms with Crippen LogP contribution in [-0.4, -0.2) is 39.8 Å². The number of amides is 2. The summed E-state index contributed by atoms with van der Waals surface area (Å²) in [4.78, 5) is 27.1. The number of aliphatic carboxylic acids is 1. The molecule has 0 aliphatic heterocycles. The maximum absolute atomic E-state index is 13.3. The molecular weight excluding hydrogens is 367 g/mol. The Balaban J connectivity index is 2.07. The van der Waals surface area contributed by atoms with Gasteiger partial charge in [0, 0.05) is 18.7 Å². The van der Waals surface area contributed by atoms with Gasteiger partial charge in [-0.2, -0.15) is 22.0 Å². The molecule has 142 valence electrons. The van der Waals surface area contributed by atoms with Crippen LogP contribution in [-0.2, 0) is 10.7 Å². The van der Waals surface area contributed by atoms with E-state index in [2.05, 4.69) is 15.6 Å². The van der Waals surface area contributed by atoms with E-state index in [1.807, 2.05) is 4.98 Å². The Kier molecular flexibility index (Phi) is 5.33. The molecule has 12 heteroatoms. The Morgan fingerprint density at radius 1 is 1.19 bits per heavy atom. The molecule has 0 bridgehead atoms. The van der Waals surface area contributed by atoms with Crippen LogP contribution in [0.2, 0.25) is 0 Å². The Morgan fingerprint density at radius 3 is 2.50 bits per heavy atom.